The third-order valence-electron chi connectivity index (χ3n) is 4.11. The number of hydrogen-bond donors (Lipinski definition) is 2. The van der Waals surface area contributed by atoms with Gasteiger partial charge in [-0.1, -0.05) is 35.9 Å². The van der Waals surface area contributed by atoms with Gasteiger partial charge in [-0.2, -0.15) is 0 Å². The van der Waals surface area contributed by atoms with E-state index in [2.05, 4.69) is 51.9 Å². The van der Waals surface area contributed by atoms with Crippen LogP contribution in [0.5, 0.6) is 0 Å². The van der Waals surface area contributed by atoms with Crippen molar-refractivity contribution in [3.05, 3.63) is 71.4 Å². The average Bonchev–Trinajstić information content (AvgIpc) is 3.08. The number of aryl methyl sites for hydroxylation is 1. The number of benzene rings is 2. The smallest absolute Gasteiger partial charge is 0.335 e. The molecule has 0 unspecified atom stereocenters. The maximum Gasteiger partial charge on any atom is 0.335 e. The van der Waals surface area contributed by atoms with Crippen molar-refractivity contribution in [2.45, 2.75) is 6.92 Å². The molecular weight excluding hydrogens is 346 g/mol. The Morgan fingerprint density at radius 1 is 1.12 bits per heavy atom. The van der Waals surface area contributed by atoms with Gasteiger partial charge in [0.15, 0.2) is 0 Å². The van der Waals surface area contributed by atoms with Crippen molar-refractivity contribution in [2.24, 2.45) is 0 Å². The van der Waals surface area contributed by atoms with Crippen LogP contribution in [0.2, 0.25) is 0 Å². The van der Waals surface area contributed by atoms with Crippen molar-refractivity contribution in [3.63, 3.8) is 0 Å². The number of fused-ring (bicyclic) bond motifs is 1. The molecule has 0 spiro atoms. The Kier molecular flexibility index (Phi) is 4.10. The summed E-state index contributed by atoms with van der Waals surface area (Å²) < 4.78 is 0. The first-order chi connectivity index (χ1) is 12.6. The molecule has 6 heteroatoms. The zero-order chi connectivity index (χ0) is 18.1. The zero-order valence-corrected chi connectivity index (χ0v) is 14.7. The van der Waals surface area contributed by atoms with Crippen LogP contribution in [0.25, 0.3) is 21.3 Å². The Hall–Kier alpha value is -3.25. The van der Waals surface area contributed by atoms with Crippen molar-refractivity contribution in [1.82, 2.24) is 9.97 Å². The first-order valence-electron chi connectivity index (χ1n) is 8.01. The second-order valence-corrected chi connectivity index (χ2v) is 6.79. The molecule has 4 aromatic rings. The molecule has 2 aromatic heterocycles. The fraction of sp³-hybridized carbons (Fsp3) is 0.0500. The number of aromatic carboxylic acids is 1. The number of thiophene rings is 1. The van der Waals surface area contributed by atoms with E-state index in [0.717, 1.165) is 21.3 Å². The van der Waals surface area contributed by atoms with E-state index < -0.39 is 5.97 Å². The summed E-state index contributed by atoms with van der Waals surface area (Å²) in [5.74, 6) is -0.299. The first kappa shape index (κ1) is 16.2. The van der Waals surface area contributed by atoms with E-state index in [0.29, 0.717) is 11.5 Å². The van der Waals surface area contributed by atoms with Gasteiger partial charge in [-0.15, -0.1) is 11.3 Å². The number of carboxylic acid groups (broad SMARTS) is 1. The molecule has 0 saturated carbocycles. The molecule has 0 aliphatic heterocycles. The lowest BCUT2D eigenvalue weighted by atomic mass is 10.0. The number of rotatable bonds is 4. The van der Waals surface area contributed by atoms with Gasteiger partial charge in [0, 0.05) is 16.6 Å². The van der Waals surface area contributed by atoms with Gasteiger partial charge in [-0.05, 0) is 30.7 Å². The molecule has 0 amide bonds. The van der Waals surface area contributed by atoms with Gasteiger partial charge < -0.3 is 10.4 Å². The zero-order valence-electron chi connectivity index (χ0n) is 13.9. The highest BCUT2D eigenvalue weighted by molar-refractivity contribution is 7.17. The van der Waals surface area contributed by atoms with Crippen molar-refractivity contribution in [3.8, 4) is 11.1 Å². The SMILES string of the molecule is Cc1ccc(-c2csc3ncnc(Nc4cccc(C(=O)O)c4)c23)cc1. The Morgan fingerprint density at radius 3 is 2.69 bits per heavy atom. The lowest BCUT2D eigenvalue weighted by Gasteiger charge is -2.09. The summed E-state index contributed by atoms with van der Waals surface area (Å²) >= 11 is 1.56. The maximum atomic E-state index is 11.2. The van der Waals surface area contributed by atoms with Gasteiger partial charge in [-0.25, -0.2) is 14.8 Å². The molecule has 0 saturated heterocycles. The second-order valence-electron chi connectivity index (χ2n) is 5.93. The molecule has 128 valence electrons. The molecule has 0 atom stereocenters. The van der Waals surface area contributed by atoms with Crippen LogP contribution in [0.1, 0.15) is 15.9 Å². The topological polar surface area (TPSA) is 75.1 Å². The van der Waals surface area contributed by atoms with E-state index in [-0.39, 0.29) is 5.56 Å². The minimum Gasteiger partial charge on any atom is -0.478 e. The van der Waals surface area contributed by atoms with Crippen LogP contribution < -0.4 is 5.32 Å². The summed E-state index contributed by atoms with van der Waals surface area (Å²) in [4.78, 5) is 20.8. The predicted molar refractivity (Wildman–Crippen MR) is 104 cm³/mol. The van der Waals surface area contributed by atoms with E-state index in [1.807, 2.05) is 6.07 Å². The number of hydrogen-bond acceptors (Lipinski definition) is 5. The molecule has 0 aliphatic rings. The summed E-state index contributed by atoms with van der Waals surface area (Å²) in [5.41, 5.74) is 4.25. The Morgan fingerprint density at radius 2 is 1.92 bits per heavy atom. The number of aromatic nitrogens is 2. The van der Waals surface area contributed by atoms with Gasteiger partial charge in [0.25, 0.3) is 0 Å². The standard InChI is InChI=1S/C20H15N3O2S/c1-12-5-7-13(8-6-12)16-10-26-19-17(16)18(21-11-22-19)23-15-4-2-3-14(9-15)20(24)25/h2-11H,1H3,(H,24,25)(H,21,22,23). The lowest BCUT2D eigenvalue weighted by Crippen LogP contribution is -1.99. The van der Waals surface area contributed by atoms with E-state index >= 15 is 0 Å². The summed E-state index contributed by atoms with van der Waals surface area (Å²) in [6, 6.07) is 15.0. The molecule has 0 fully saturated rings. The molecule has 0 radical (unpaired) electrons. The number of nitrogens with zero attached hydrogens (tertiary/aromatic N) is 2. The van der Waals surface area contributed by atoms with Crippen LogP contribution in [0.3, 0.4) is 0 Å². The number of nitrogens with one attached hydrogen (secondary N) is 1. The maximum absolute atomic E-state index is 11.2. The summed E-state index contributed by atoms with van der Waals surface area (Å²) in [6.07, 6.45) is 1.52. The average molecular weight is 361 g/mol. The van der Waals surface area contributed by atoms with E-state index in [1.165, 1.54) is 11.9 Å². The highest BCUT2D eigenvalue weighted by atomic mass is 32.1. The van der Waals surface area contributed by atoms with E-state index in [1.54, 1.807) is 29.5 Å². The third kappa shape index (κ3) is 3.02. The predicted octanol–water partition coefficient (Wildman–Crippen LogP) is 5.11. The van der Waals surface area contributed by atoms with E-state index in [9.17, 15) is 9.90 Å². The van der Waals surface area contributed by atoms with Crippen molar-refractivity contribution < 1.29 is 9.90 Å². The van der Waals surface area contributed by atoms with Gasteiger partial charge in [-0.3, -0.25) is 0 Å². The van der Waals surface area contributed by atoms with Crippen molar-refractivity contribution in [1.29, 1.82) is 0 Å². The molecule has 0 bridgehead atoms. The van der Waals surface area contributed by atoms with Crippen LogP contribution in [0, 0.1) is 6.92 Å². The van der Waals surface area contributed by atoms with Crippen molar-refractivity contribution >= 4 is 39.0 Å². The van der Waals surface area contributed by atoms with Crippen LogP contribution in [0.4, 0.5) is 11.5 Å². The number of carboxylic acids is 1. The summed E-state index contributed by atoms with van der Waals surface area (Å²) in [6.45, 7) is 2.06. The summed E-state index contributed by atoms with van der Waals surface area (Å²) in [5, 5.41) is 15.4. The number of anilines is 2. The Labute approximate surface area is 154 Å². The normalized spacial score (nSPS) is 10.8. The fourth-order valence-electron chi connectivity index (χ4n) is 2.78. The molecule has 26 heavy (non-hydrogen) atoms. The van der Waals surface area contributed by atoms with Crippen LogP contribution in [-0.4, -0.2) is 21.0 Å². The quantitative estimate of drug-likeness (QED) is 0.528. The monoisotopic (exact) mass is 361 g/mol. The van der Waals surface area contributed by atoms with Gasteiger partial charge in [0.05, 0.1) is 10.9 Å². The van der Waals surface area contributed by atoms with Crippen LogP contribution in [-0.2, 0) is 0 Å². The molecular formula is C20H15N3O2S. The number of carbonyl (C=O) groups is 1. The largest absolute Gasteiger partial charge is 0.478 e. The minimum atomic E-state index is -0.961. The molecule has 2 heterocycles. The van der Waals surface area contributed by atoms with Crippen molar-refractivity contribution in [2.75, 3.05) is 5.32 Å². The van der Waals surface area contributed by atoms with Crippen LogP contribution in [0.15, 0.2) is 60.2 Å². The Balaban J connectivity index is 1.80. The molecule has 2 N–H and O–H groups in total. The molecule has 5 nitrogen and oxygen atoms in total. The van der Waals surface area contributed by atoms with Crippen LogP contribution >= 0.6 is 11.3 Å². The Bertz CT molecular complexity index is 1100. The summed E-state index contributed by atoms with van der Waals surface area (Å²) in [7, 11) is 0. The third-order valence-corrected chi connectivity index (χ3v) is 4.99. The highest BCUT2D eigenvalue weighted by Crippen LogP contribution is 2.37. The fourth-order valence-corrected chi connectivity index (χ4v) is 3.70. The second kappa shape index (κ2) is 6.57. The van der Waals surface area contributed by atoms with Gasteiger partial charge >= 0.3 is 5.97 Å². The van der Waals surface area contributed by atoms with E-state index in [4.69, 9.17) is 0 Å². The van der Waals surface area contributed by atoms with Gasteiger partial charge in [0.2, 0.25) is 0 Å². The molecule has 2 aromatic carbocycles. The first-order valence-corrected chi connectivity index (χ1v) is 8.89. The highest BCUT2D eigenvalue weighted by Gasteiger charge is 2.14. The minimum absolute atomic E-state index is 0.226. The van der Waals surface area contributed by atoms with Gasteiger partial charge in [0.1, 0.15) is 17.0 Å². The molecule has 0 aliphatic carbocycles. The lowest BCUT2D eigenvalue weighted by molar-refractivity contribution is 0.0697. The molecule has 4 rings (SSSR count).